The molecule has 3 aromatic rings. The second-order valence-electron chi connectivity index (χ2n) is 11.3. The highest BCUT2D eigenvalue weighted by molar-refractivity contribution is 7.92. The van der Waals surface area contributed by atoms with Gasteiger partial charge in [-0.15, -0.1) is 0 Å². The summed E-state index contributed by atoms with van der Waals surface area (Å²) in [7, 11) is -3.76. The SMILES string of the molecule is CCCCN1CCC(N2C(=O)c3ccccc3C2C2(S(=O)(=O)CCCC)c3ccccc3-c3ccccc32)C1. The molecule has 39 heavy (non-hydrogen) atoms. The quantitative estimate of drug-likeness (QED) is 0.323. The van der Waals surface area contributed by atoms with Crippen LogP contribution in [0, 0.1) is 0 Å². The van der Waals surface area contributed by atoms with Gasteiger partial charge < -0.3 is 9.80 Å². The molecule has 1 fully saturated rings. The van der Waals surface area contributed by atoms with E-state index in [1.807, 2.05) is 84.6 Å². The molecule has 204 valence electrons. The van der Waals surface area contributed by atoms with Gasteiger partial charge in [0.05, 0.1) is 11.8 Å². The van der Waals surface area contributed by atoms with Crippen LogP contribution in [0.15, 0.2) is 72.8 Å². The monoisotopic (exact) mass is 542 g/mol. The van der Waals surface area contributed by atoms with Gasteiger partial charge in [-0.25, -0.2) is 8.42 Å². The van der Waals surface area contributed by atoms with E-state index in [1.54, 1.807) is 0 Å². The molecule has 3 aromatic carbocycles. The van der Waals surface area contributed by atoms with Crippen LogP contribution in [0.5, 0.6) is 0 Å². The molecule has 1 amide bonds. The van der Waals surface area contributed by atoms with Gasteiger partial charge in [0.2, 0.25) is 0 Å². The summed E-state index contributed by atoms with van der Waals surface area (Å²) in [6.45, 7) is 6.95. The maximum atomic E-state index is 15.0. The number of unbranched alkanes of at least 4 members (excludes halogenated alkanes) is 2. The smallest absolute Gasteiger partial charge is 0.255 e. The van der Waals surface area contributed by atoms with E-state index in [1.165, 1.54) is 0 Å². The van der Waals surface area contributed by atoms with E-state index in [9.17, 15) is 13.2 Å². The number of fused-ring (bicyclic) bond motifs is 4. The number of carbonyl (C=O) groups excluding carboxylic acids is 1. The second-order valence-corrected chi connectivity index (χ2v) is 13.6. The molecular formula is C33H38N2O3S. The first-order valence-electron chi connectivity index (χ1n) is 14.5. The Morgan fingerprint density at radius 2 is 1.41 bits per heavy atom. The van der Waals surface area contributed by atoms with E-state index in [2.05, 4.69) is 11.8 Å². The molecule has 2 atom stereocenters. The minimum absolute atomic E-state index is 0.0371. The van der Waals surface area contributed by atoms with Gasteiger partial charge in [-0.3, -0.25) is 4.79 Å². The van der Waals surface area contributed by atoms with Gasteiger partial charge in [0, 0.05) is 24.7 Å². The van der Waals surface area contributed by atoms with E-state index in [0.29, 0.717) is 12.0 Å². The highest BCUT2D eigenvalue weighted by atomic mass is 32.2. The van der Waals surface area contributed by atoms with E-state index in [-0.39, 0.29) is 17.7 Å². The van der Waals surface area contributed by atoms with Crippen molar-refractivity contribution in [3.8, 4) is 11.1 Å². The van der Waals surface area contributed by atoms with Crippen molar-refractivity contribution in [2.24, 2.45) is 0 Å². The number of rotatable bonds is 9. The number of likely N-dealkylation sites (tertiary alicyclic amines) is 1. The van der Waals surface area contributed by atoms with Crippen LogP contribution in [-0.2, 0) is 14.6 Å². The van der Waals surface area contributed by atoms with Crippen molar-refractivity contribution in [1.82, 2.24) is 9.80 Å². The summed E-state index contributed by atoms with van der Waals surface area (Å²) in [5.41, 5.74) is 5.01. The number of hydrogen-bond donors (Lipinski definition) is 0. The van der Waals surface area contributed by atoms with Gasteiger partial charge in [0.15, 0.2) is 9.84 Å². The fourth-order valence-electron chi connectivity index (χ4n) is 7.28. The molecule has 0 saturated carbocycles. The molecule has 1 saturated heterocycles. The lowest BCUT2D eigenvalue weighted by atomic mass is 9.83. The van der Waals surface area contributed by atoms with Gasteiger partial charge in [-0.2, -0.15) is 0 Å². The van der Waals surface area contributed by atoms with Crippen molar-refractivity contribution in [3.05, 3.63) is 95.1 Å². The summed E-state index contributed by atoms with van der Waals surface area (Å²) in [5.74, 6) is 0.0463. The first-order valence-corrected chi connectivity index (χ1v) is 16.2. The standard InChI is InChI=1S/C33H38N2O3S/c1-3-5-20-34-21-19-24(23-34)35-31(27-15-7-8-16-28(27)32(35)36)33(39(37,38)22-6-4-2)29-17-11-9-13-25(29)26-14-10-12-18-30(26)33/h7-18,24,31H,3-6,19-23H2,1-2H3. The molecule has 6 rings (SSSR count). The summed E-state index contributed by atoms with van der Waals surface area (Å²) >= 11 is 0. The van der Waals surface area contributed by atoms with Crippen molar-refractivity contribution in [3.63, 3.8) is 0 Å². The molecule has 6 heteroatoms. The van der Waals surface area contributed by atoms with Crippen LogP contribution in [-0.4, -0.2) is 55.6 Å². The van der Waals surface area contributed by atoms with E-state index >= 15 is 0 Å². The summed E-state index contributed by atoms with van der Waals surface area (Å²) in [5, 5.41) is 0. The highest BCUT2D eigenvalue weighted by Crippen LogP contribution is 2.62. The number of amides is 1. The van der Waals surface area contributed by atoms with Crippen LogP contribution < -0.4 is 0 Å². The van der Waals surface area contributed by atoms with E-state index < -0.39 is 20.6 Å². The highest BCUT2D eigenvalue weighted by Gasteiger charge is 2.63. The Balaban J connectivity index is 1.62. The Hall–Kier alpha value is -2.96. The molecule has 0 aromatic heterocycles. The van der Waals surface area contributed by atoms with Crippen molar-refractivity contribution < 1.29 is 13.2 Å². The molecular weight excluding hydrogens is 504 g/mol. The van der Waals surface area contributed by atoms with Crippen LogP contribution in [0.2, 0.25) is 0 Å². The van der Waals surface area contributed by atoms with Crippen molar-refractivity contribution >= 4 is 15.7 Å². The van der Waals surface area contributed by atoms with Gasteiger partial charge in [-0.1, -0.05) is 93.4 Å². The molecule has 3 aliphatic rings. The van der Waals surface area contributed by atoms with E-state index in [4.69, 9.17) is 0 Å². The predicted octanol–water partition coefficient (Wildman–Crippen LogP) is 6.20. The Kier molecular flexibility index (Phi) is 6.88. The summed E-state index contributed by atoms with van der Waals surface area (Å²) in [6.07, 6.45) is 4.49. The average Bonchev–Trinajstić information content (AvgIpc) is 3.63. The molecule has 2 aliphatic heterocycles. The third-order valence-electron chi connectivity index (χ3n) is 9.05. The number of nitrogens with zero attached hydrogens (tertiary/aromatic N) is 2. The first kappa shape index (κ1) is 26.3. The third kappa shape index (κ3) is 3.90. The van der Waals surface area contributed by atoms with Gasteiger partial charge in [-0.05, 0) is 59.7 Å². The molecule has 0 bridgehead atoms. The average molecular weight is 543 g/mol. The lowest BCUT2D eigenvalue weighted by Crippen LogP contribution is -2.52. The zero-order valence-electron chi connectivity index (χ0n) is 23.0. The fraction of sp³-hybridized carbons (Fsp3) is 0.424. The van der Waals surface area contributed by atoms with E-state index in [0.717, 1.165) is 73.1 Å². The summed E-state index contributed by atoms with van der Waals surface area (Å²) in [4.78, 5) is 18.7. The zero-order chi connectivity index (χ0) is 27.2. The lowest BCUT2D eigenvalue weighted by molar-refractivity contribution is 0.0594. The summed E-state index contributed by atoms with van der Waals surface area (Å²) in [6, 6.07) is 23.0. The number of sulfone groups is 1. The predicted molar refractivity (Wildman–Crippen MR) is 156 cm³/mol. The van der Waals surface area contributed by atoms with Gasteiger partial charge in [0.1, 0.15) is 4.75 Å². The lowest BCUT2D eigenvalue weighted by Gasteiger charge is -2.44. The van der Waals surface area contributed by atoms with Crippen molar-refractivity contribution in [2.45, 2.75) is 62.8 Å². The fourth-order valence-corrected chi connectivity index (χ4v) is 9.87. The Bertz CT molecular complexity index is 1450. The zero-order valence-corrected chi connectivity index (χ0v) is 23.8. The van der Waals surface area contributed by atoms with Crippen LogP contribution in [0.4, 0.5) is 0 Å². The third-order valence-corrected chi connectivity index (χ3v) is 11.5. The molecule has 0 N–H and O–H groups in total. The topological polar surface area (TPSA) is 57.7 Å². The maximum absolute atomic E-state index is 15.0. The first-order chi connectivity index (χ1) is 19.0. The van der Waals surface area contributed by atoms with Crippen LogP contribution in [0.1, 0.15) is 79.0 Å². The molecule has 1 aliphatic carbocycles. The largest absolute Gasteiger partial charge is 0.325 e. The molecule has 2 unspecified atom stereocenters. The number of carbonyl (C=O) groups is 1. The number of benzene rings is 3. The maximum Gasteiger partial charge on any atom is 0.255 e. The Morgan fingerprint density at radius 3 is 2.05 bits per heavy atom. The summed E-state index contributed by atoms with van der Waals surface area (Å²) < 4.78 is 28.6. The van der Waals surface area contributed by atoms with Gasteiger partial charge in [0.25, 0.3) is 5.91 Å². The van der Waals surface area contributed by atoms with Crippen molar-refractivity contribution in [1.29, 1.82) is 0 Å². The van der Waals surface area contributed by atoms with Crippen LogP contribution in [0.25, 0.3) is 11.1 Å². The van der Waals surface area contributed by atoms with Crippen molar-refractivity contribution in [2.75, 3.05) is 25.4 Å². The normalized spacial score (nSPS) is 21.7. The molecule has 0 spiro atoms. The Labute approximate surface area is 232 Å². The minimum atomic E-state index is -3.76. The number of hydrogen-bond acceptors (Lipinski definition) is 4. The molecule has 2 heterocycles. The second kappa shape index (κ2) is 10.2. The van der Waals surface area contributed by atoms with Crippen LogP contribution in [0.3, 0.4) is 0 Å². The molecule has 0 radical (unpaired) electrons. The minimum Gasteiger partial charge on any atom is -0.325 e. The molecule has 5 nitrogen and oxygen atoms in total. The van der Waals surface area contributed by atoms with Gasteiger partial charge >= 0.3 is 0 Å². The van der Waals surface area contributed by atoms with Crippen LogP contribution >= 0.6 is 0 Å². The Morgan fingerprint density at radius 1 is 0.821 bits per heavy atom.